The van der Waals surface area contributed by atoms with Gasteiger partial charge in [0.25, 0.3) is 0 Å². The summed E-state index contributed by atoms with van der Waals surface area (Å²) in [5.41, 5.74) is -0.948. The lowest BCUT2D eigenvalue weighted by molar-refractivity contribution is -0.138. The molecular formula is C25H19F3N4O3. The van der Waals surface area contributed by atoms with Gasteiger partial charge in [0.15, 0.2) is 0 Å². The van der Waals surface area contributed by atoms with Crippen molar-refractivity contribution in [3.63, 3.8) is 0 Å². The highest BCUT2D eigenvalue weighted by Gasteiger charge is 2.34. The Morgan fingerprint density at radius 1 is 1.06 bits per heavy atom. The molecule has 35 heavy (non-hydrogen) atoms. The van der Waals surface area contributed by atoms with Crippen molar-refractivity contribution in [1.82, 2.24) is 9.97 Å². The number of nitriles is 1. The minimum absolute atomic E-state index is 0.0458. The lowest BCUT2D eigenvalue weighted by Gasteiger charge is -2.11. The Morgan fingerprint density at radius 3 is 2.51 bits per heavy atom. The maximum Gasteiger partial charge on any atom is 0.417 e. The molecule has 0 radical (unpaired) electrons. The number of aromatic nitrogens is 2. The van der Waals surface area contributed by atoms with Crippen molar-refractivity contribution >= 4 is 17.5 Å². The molecule has 178 valence electrons. The molecule has 1 saturated carbocycles. The average molecular weight is 480 g/mol. The number of ether oxygens (including phenoxy) is 1. The number of benzene rings is 1. The van der Waals surface area contributed by atoms with Crippen LogP contribution in [-0.2, 0) is 28.6 Å². The van der Waals surface area contributed by atoms with Gasteiger partial charge in [0.1, 0.15) is 23.1 Å². The summed E-state index contributed by atoms with van der Waals surface area (Å²) < 4.78 is 45.1. The van der Waals surface area contributed by atoms with Gasteiger partial charge in [0, 0.05) is 36.7 Å². The Balaban J connectivity index is 1.35. The number of Topliss-reactive ketones (excluding diaryl/α,β-unsaturated/α-hetero) is 1. The number of nitrogens with one attached hydrogen (secondary N) is 1. The van der Waals surface area contributed by atoms with Crippen LogP contribution in [0.2, 0.25) is 0 Å². The van der Waals surface area contributed by atoms with Gasteiger partial charge in [-0.2, -0.15) is 18.4 Å². The van der Waals surface area contributed by atoms with E-state index in [4.69, 9.17) is 10.00 Å². The molecule has 1 fully saturated rings. The van der Waals surface area contributed by atoms with E-state index in [1.165, 1.54) is 24.5 Å². The molecule has 1 aliphatic rings. The van der Waals surface area contributed by atoms with Gasteiger partial charge in [-0.3, -0.25) is 14.6 Å². The van der Waals surface area contributed by atoms with Crippen LogP contribution in [0.25, 0.3) is 0 Å². The summed E-state index contributed by atoms with van der Waals surface area (Å²) in [6, 6.07) is 11.2. The number of amides is 1. The Labute approximate surface area is 198 Å². The Bertz CT molecular complexity index is 1300. The fraction of sp³-hybridized carbons (Fsp3) is 0.240. The standard InChI is InChI=1S/C25H19F3N4O3/c26-25(27,28)22-10-15(1-2-17(22)13-29)9-19(33)11-18-5-6-21(14-31-18)35-20-7-8-30-23(12-20)32-24(34)16-3-4-16/h1-2,5-8,10,12,14,16H,3-4,9,11H2,(H,30,32,34). The summed E-state index contributed by atoms with van der Waals surface area (Å²) in [5, 5.41) is 11.6. The summed E-state index contributed by atoms with van der Waals surface area (Å²) in [7, 11) is 0. The lowest BCUT2D eigenvalue weighted by Crippen LogP contribution is -2.14. The van der Waals surface area contributed by atoms with Crippen molar-refractivity contribution in [1.29, 1.82) is 5.26 Å². The third-order valence-corrected chi connectivity index (χ3v) is 5.25. The molecule has 0 bridgehead atoms. The number of rotatable bonds is 8. The van der Waals surface area contributed by atoms with E-state index >= 15 is 0 Å². The summed E-state index contributed by atoms with van der Waals surface area (Å²) in [6.45, 7) is 0. The predicted octanol–water partition coefficient (Wildman–Crippen LogP) is 4.86. The first-order chi connectivity index (χ1) is 16.7. The largest absolute Gasteiger partial charge is 0.456 e. The molecule has 2 aromatic heterocycles. The number of alkyl halides is 3. The highest BCUT2D eigenvalue weighted by atomic mass is 19.4. The highest BCUT2D eigenvalue weighted by Crippen LogP contribution is 2.33. The third-order valence-electron chi connectivity index (χ3n) is 5.25. The molecule has 3 aromatic rings. The first kappa shape index (κ1) is 23.9. The number of pyridine rings is 2. The molecular weight excluding hydrogens is 461 g/mol. The first-order valence-corrected chi connectivity index (χ1v) is 10.7. The van der Waals surface area contributed by atoms with Crippen LogP contribution >= 0.6 is 0 Å². The SMILES string of the molecule is N#Cc1ccc(CC(=O)Cc2ccc(Oc3ccnc(NC(=O)C4CC4)c3)cn2)cc1C(F)(F)F. The zero-order valence-electron chi connectivity index (χ0n) is 18.3. The molecule has 0 aliphatic heterocycles. The molecule has 1 N–H and O–H groups in total. The van der Waals surface area contributed by atoms with E-state index in [9.17, 15) is 22.8 Å². The van der Waals surface area contributed by atoms with E-state index < -0.39 is 17.3 Å². The third kappa shape index (κ3) is 6.41. The second-order valence-electron chi connectivity index (χ2n) is 8.11. The van der Waals surface area contributed by atoms with Crippen LogP contribution in [0, 0.1) is 17.2 Å². The number of halogens is 3. The Kier molecular flexibility index (Phi) is 6.78. The minimum atomic E-state index is -4.68. The quantitative estimate of drug-likeness (QED) is 0.494. The molecule has 1 amide bonds. The number of anilines is 1. The van der Waals surface area contributed by atoms with Gasteiger partial charge < -0.3 is 10.1 Å². The van der Waals surface area contributed by atoms with Gasteiger partial charge in [-0.15, -0.1) is 0 Å². The van der Waals surface area contributed by atoms with Crippen molar-refractivity contribution in [2.24, 2.45) is 5.92 Å². The van der Waals surface area contributed by atoms with Gasteiger partial charge in [-0.25, -0.2) is 4.98 Å². The van der Waals surface area contributed by atoms with E-state index in [1.807, 2.05) is 0 Å². The summed E-state index contributed by atoms with van der Waals surface area (Å²) in [4.78, 5) is 32.6. The van der Waals surface area contributed by atoms with E-state index in [0.29, 0.717) is 23.0 Å². The highest BCUT2D eigenvalue weighted by molar-refractivity contribution is 5.93. The monoisotopic (exact) mass is 480 g/mol. The number of carbonyl (C=O) groups is 2. The van der Waals surface area contributed by atoms with Crippen LogP contribution in [0.15, 0.2) is 54.9 Å². The molecule has 7 nitrogen and oxygen atoms in total. The number of hydrogen-bond acceptors (Lipinski definition) is 6. The number of carbonyl (C=O) groups excluding carboxylic acids is 2. The van der Waals surface area contributed by atoms with Crippen molar-refractivity contribution < 1.29 is 27.5 Å². The number of nitrogens with zero attached hydrogens (tertiary/aromatic N) is 3. The van der Waals surface area contributed by atoms with Gasteiger partial charge in [-0.05, 0) is 48.7 Å². The van der Waals surface area contributed by atoms with Crippen LogP contribution < -0.4 is 10.1 Å². The predicted molar refractivity (Wildman–Crippen MR) is 118 cm³/mol. The summed E-state index contributed by atoms with van der Waals surface area (Å²) in [6.07, 6.45) is -0.287. The second kappa shape index (κ2) is 9.93. The molecule has 1 aliphatic carbocycles. The molecule has 0 atom stereocenters. The number of hydrogen-bond donors (Lipinski definition) is 1. The fourth-order valence-corrected chi connectivity index (χ4v) is 3.35. The zero-order valence-corrected chi connectivity index (χ0v) is 18.3. The Hall–Kier alpha value is -4.26. The topological polar surface area (TPSA) is 105 Å². The lowest BCUT2D eigenvalue weighted by atomic mass is 9.99. The minimum Gasteiger partial charge on any atom is -0.456 e. The van der Waals surface area contributed by atoms with Crippen LogP contribution in [0.5, 0.6) is 11.5 Å². The fourth-order valence-electron chi connectivity index (χ4n) is 3.35. The average Bonchev–Trinajstić information content (AvgIpc) is 3.66. The van der Waals surface area contributed by atoms with Crippen LogP contribution in [0.4, 0.5) is 19.0 Å². The van der Waals surface area contributed by atoms with Gasteiger partial charge in [0.2, 0.25) is 5.91 Å². The van der Waals surface area contributed by atoms with Crippen molar-refractivity contribution in [2.45, 2.75) is 31.9 Å². The van der Waals surface area contributed by atoms with Crippen LogP contribution in [-0.4, -0.2) is 21.7 Å². The van der Waals surface area contributed by atoms with Crippen molar-refractivity contribution in [3.05, 3.63) is 77.2 Å². The molecule has 10 heteroatoms. The smallest absolute Gasteiger partial charge is 0.417 e. The zero-order chi connectivity index (χ0) is 25.0. The van der Waals surface area contributed by atoms with Gasteiger partial charge >= 0.3 is 6.18 Å². The van der Waals surface area contributed by atoms with E-state index in [0.717, 1.165) is 25.0 Å². The molecule has 2 heterocycles. The second-order valence-corrected chi connectivity index (χ2v) is 8.11. The Morgan fingerprint density at radius 2 is 1.86 bits per heavy atom. The molecule has 0 spiro atoms. The van der Waals surface area contributed by atoms with Crippen LogP contribution in [0.1, 0.15) is 35.2 Å². The van der Waals surface area contributed by atoms with E-state index in [1.54, 1.807) is 24.3 Å². The molecule has 4 rings (SSSR count). The summed E-state index contributed by atoms with van der Waals surface area (Å²) in [5.74, 6) is 0.873. The molecule has 0 saturated heterocycles. The first-order valence-electron chi connectivity index (χ1n) is 10.7. The normalized spacial score (nSPS) is 13.1. The molecule has 0 unspecified atom stereocenters. The number of ketones is 1. The van der Waals surface area contributed by atoms with Crippen molar-refractivity contribution in [2.75, 3.05) is 5.32 Å². The maximum absolute atomic E-state index is 13.1. The summed E-state index contributed by atoms with van der Waals surface area (Å²) >= 11 is 0. The van der Waals surface area contributed by atoms with Gasteiger partial charge in [0.05, 0.1) is 23.4 Å². The van der Waals surface area contributed by atoms with Gasteiger partial charge in [-0.1, -0.05) is 6.07 Å². The van der Waals surface area contributed by atoms with E-state index in [-0.39, 0.29) is 36.0 Å². The van der Waals surface area contributed by atoms with E-state index in [2.05, 4.69) is 15.3 Å². The van der Waals surface area contributed by atoms with Crippen molar-refractivity contribution in [3.8, 4) is 17.6 Å². The maximum atomic E-state index is 13.1. The molecule has 1 aromatic carbocycles. The van der Waals surface area contributed by atoms with Crippen LogP contribution in [0.3, 0.4) is 0 Å².